The number of aromatic hydroxyl groups is 1. The van der Waals surface area contributed by atoms with Crippen molar-refractivity contribution in [2.45, 2.75) is 27.3 Å². The van der Waals surface area contributed by atoms with Gasteiger partial charge in [0, 0.05) is 24.2 Å². The van der Waals surface area contributed by atoms with E-state index in [1.165, 1.54) is 24.6 Å². The van der Waals surface area contributed by atoms with Crippen LogP contribution in [0.1, 0.15) is 31.9 Å². The number of carboxylic acids is 1. The summed E-state index contributed by atoms with van der Waals surface area (Å²) >= 11 is 0. The first-order valence-corrected chi connectivity index (χ1v) is 9.63. The smallest absolute Gasteiger partial charge is 0.321 e. The number of phenols is 1. The highest BCUT2D eigenvalue weighted by Gasteiger charge is 2.24. The number of anilines is 1. The van der Waals surface area contributed by atoms with Crippen LogP contribution in [0.4, 0.5) is 5.69 Å². The van der Waals surface area contributed by atoms with Crippen molar-refractivity contribution in [3.05, 3.63) is 71.8 Å². The molecular weight excluding hydrogens is 362 g/mol. The van der Waals surface area contributed by atoms with Crippen LogP contribution < -0.4 is 4.90 Å². The van der Waals surface area contributed by atoms with E-state index in [1.54, 1.807) is 12.1 Å². The molecule has 0 amide bonds. The quantitative estimate of drug-likeness (QED) is 0.603. The zero-order chi connectivity index (χ0) is 21.0. The largest absolute Gasteiger partial charge is 0.507 e. The predicted molar refractivity (Wildman–Crippen MR) is 117 cm³/mol. The maximum Gasteiger partial charge on any atom is 0.321 e. The number of hydrogen-bond acceptors (Lipinski definition) is 3. The van der Waals surface area contributed by atoms with Gasteiger partial charge in [-0.2, -0.15) is 0 Å². The molecule has 0 spiro atoms. The second-order valence-electron chi connectivity index (χ2n) is 7.54. The molecule has 3 aromatic carbocycles. The topological polar surface area (TPSA) is 60.8 Å². The number of fused-ring (bicyclic) bond motifs is 1. The highest BCUT2D eigenvalue weighted by atomic mass is 16.4. The third-order valence-electron chi connectivity index (χ3n) is 4.97. The molecule has 2 N–H and O–H groups in total. The van der Waals surface area contributed by atoms with Crippen LogP contribution in [0.15, 0.2) is 60.7 Å². The van der Waals surface area contributed by atoms with Gasteiger partial charge in [-0.1, -0.05) is 54.3 Å². The minimum Gasteiger partial charge on any atom is -0.507 e. The Balaban J connectivity index is 1.87. The first kappa shape index (κ1) is 20.3. The number of aliphatic carboxylic acids is 1. The van der Waals surface area contributed by atoms with Gasteiger partial charge in [0.25, 0.3) is 0 Å². The molecule has 29 heavy (non-hydrogen) atoms. The van der Waals surface area contributed by atoms with Crippen molar-refractivity contribution in [1.29, 1.82) is 0 Å². The van der Waals surface area contributed by atoms with Crippen LogP contribution in [-0.2, 0) is 11.3 Å². The summed E-state index contributed by atoms with van der Waals surface area (Å²) in [5.74, 6) is 4.57. The first-order valence-electron chi connectivity index (χ1n) is 9.63. The zero-order valence-corrected chi connectivity index (χ0v) is 16.9. The van der Waals surface area contributed by atoms with Crippen molar-refractivity contribution in [3.8, 4) is 17.6 Å². The van der Waals surface area contributed by atoms with Gasteiger partial charge < -0.3 is 15.1 Å². The summed E-state index contributed by atoms with van der Waals surface area (Å²) in [6.45, 7) is 6.65. The lowest BCUT2D eigenvalue weighted by atomic mass is 9.94. The van der Waals surface area contributed by atoms with Crippen LogP contribution in [0, 0.1) is 17.3 Å². The Bertz CT molecular complexity index is 1100. The van der Waals surface area contributed by atoms with E-state index in [0.717, 1.165) is 17.8 Å². The zero-order valence-electron chi connectivity index (χ0n) is 16.9. The van der Waals surface area contributed by atoms with E-state index < -0.39 is 11.4 Å². The molecule has 3 rings (SSSR count). The molecule has 0 fully saturated rings. The fourth-order valence-electron chi connectivity index (χ4n) is 3.13. The monoisotopic (exact) mass is 387 g/mol. The number of nitrogens with zero attached hydrogens (tertiary/aromatic N) is 1. The van der Waals surface area contributed by atoms with Gasteiger partial charge in [-0.05, 0) is 49.9 Å². The molecule has 0 saturated heterocycles. The average Bonchev–Trinajstić information content (AvgIpc) is 2.71. The Labute approximate surface area is 171 Å². The Hall–Kier alpha value is -3.45. The summed E-state index contributed by atoms with van der Waals surface area (Å²) in [5, 5.41) is 21.9. The lowest BCUT2D eigenvalue weighted by molar-refractivity contribution is -0.143. The van der Waals surface area contributed by atoms with Crippen LogP contribution >= 0.6 is 0 Å². The van der Waals surface area contributed by atoms with Crippen molar-refractivity contribution in [2.24, 2.45) is 5.41 Å². The first-order chi connectivity index (χ1) is 13.8. The van der Waals surface area contributed by atoms with Gasteiger partial charge in [0.1, 0.15) is 11.2 Å². The molecule has 0 heterocycles. The highest BCUT2D eigenvalue weighted by Crippen LogP contribution is 2.29. The predicted octanol–water partition coefficient (Wildman–Crippen LogP) is 5.03. The SMILES string of the molecule is CCN(Cc1ccc(C#CC(C)(C)C(=O)O)c(O)c1)c1cccc2ccccc12. The van der Waals surface area contributed by atoms with Gasteiger partial charge in [0.05, 0.1) is 5.56 Å². The molecule has 0 radical (unpaired) electrons. The summed E-state index contributed by atoms with van der Waals surface area (Å²) in [4.78, 5) is 13.5. The minimum absolute atomic E-state index is 0.0603. The molecule has 0 atom stereocenters. The molecule has 0 aliphatic rings. The summed E-state index contributed by atoms with van der Waals surface area (Å²) in [6.07, 6.45) is 0. The molecule has 3 aromatic rings. The number of phenolic OH excluding ortho intramolecular Hbond substituents is 1. The van der Waals surface area contributed by atoms with E-state index in [-0.39, 0.29) is 5.75 Å². The molecule has 4 heteroatoms. The van der Waals surface area contributed by atoms with Crippen LogP contribution in [0.25, 0.3) is 10.8 Å². The average molecular weight is 387 g/mol. The van der Waals surface area contributed by atoms with E-state index >= 15 is 0 Å². The number of benzene rings is 3. The lowest BCUT2D eigenvalue weighted by Gasteiger charge is -2.25. The Kier molecular flexibility index (Phi) is 5.79. The van der Waals surface area contributed by atoms with Crippen molar-refractivity contribution in [3.63, 3.8) is 0 Å². The Morgan fingerprint density at radius 2 is 1.79 bits per heavy atom. The summed E-state index contributed by atoms with van der Waals surface area (Å²) < 4.78 is 0. The molecule has 0 bridgehead atoms. The molecule has 0 aliphatic carbocycles. The lowest BCUT2D eigenvalue weighted by Crippen LogP contribution is -2.22. The molecule has 4 nitrogen and oxygen atoms in total. The van der Waals surface area contributed by atoms with E-state index in [2.05, 4.69) is 54.0 Å². The van der Waals surface area contributed by atoms with Gasteiger partial charge in [0.2, 0.25) is 0 Å². The van der Waals surface area contributed by atoms with Crippen LogP contribution in [0.3, 0.4) is 0 Å². The number of carboxylic acid groups (broad SMARTS) is 1. The van der Waals surface area contributed by atoms with E-state index in [0.29, 0.717) is 12.1 Å². The van der Waals surface area contributed by atoms with Crippen molar-refractivity contribution >= 4 is 22.4 Å². The van der Waals surface area contributed by atoms with Gasteiger partial charge >= 0.3 is 5.97 Å². The second kappa shape index (κ2) is 8.28. The second-order valence-corrected chi connectivity index (χ2v) is 7.54. The minimum atomic E-state index is -1.17. The van der Waals surface area contributed by atoms with Crippen molar-refractivity contribution in [2.75, 3.05) is 11.4 Å². The maximum atomic E-state index is 11.2. The van der Waals surface area contributed by atoms with Crippen molar-refractivity contribution in [1.82, 2.24) is 0 Å². The normalized spacial score (nSPS) is 11.0. The third-order valence-corrected chi connectivity index (χ3v) is 4.97. The molecule has 0 unspecified atom stereocenters. The third kappa shape index (κ3) is 4.52. The molecule has 0 aliphatic heterocycles. The fourth-order valence-corrected chi connectivity index (χ4v) is 3.13. The van der Waals surface area contributed by atoms with Gasteiger partial charge in [0.15, 0.2) is 0 Å². The summed E-state index contributed by atoms with van der Waals surface area (Å²) in [7, 11) is 0. The number of rotatable bonds is 5. The standard InChI is InChI=1S/C25H25NO3/c1-4-26(22-11-7-9-19-8-5-6-10-21(19)22)17-18-12-13-20(23(27)16-18)14-15-25(2,3)24(28)29/h5-13,16,27H,4,17H2,1-3H3,(H,28,29). The van der Waals surface area contributed by atoms with Gasteiger partial charge in [-0.15, -0.1) is 0 Å². The fraction of sp³-hybridized carbons (Fsp3) is 0.240. The highest BCUT2D eigenvalue weighted by molar-refractivity contribution is 5.94. The van der Waals surface area contributed by atoms with Crippen molar-refractivity contribution < 1.29 is 15.0 Å². The van der Waals surface area contributed by atoms with Gasteiger partial charge in [-0.3, -0.25) is 4.79 Å². The summed E-state index contributed by atoms with van der Waals surface area (Å²) in [6, 6.07) is 19.9. The number of hydrogen-bond donors (Lipinski definition) is 2. The number of carbonyl (C=O) groups is 1. The van der Waals surface area contributed by atoms with Crippen LogP contribution in [0.5, 0.6) is 5.75 Å². The van der Waals surface area contributed by atoms with Crippen LogP contribution in [0.2, 0.25) is 0 Å². The van der Waals surface area contributed by atoms with Crippen LogP contribution in [-0.4, -0.2) is 22.7 Å². The van der Waals surface area contributed by atoms with E-state index in [9.17, 15) is 15.0 Å². The molecule has 148 valence electrons. The summed E-state index contributed by atoms with van der Waals surface area (Å²) in [5.41, 5.74) is 1.37. The Morgan fingerprint density at radius 1 is 1.07 bits per heavy atom. The molecule has 0 saturated carbocycles. The van der Waals surface area contributed by atoms with E-state index in [1.807, 2.05) is 18.2 Å². The van der Waals surface area contributed by atoms with E-state index in [4.69, 9.17) is 0 Å². The van der Waals surface area contributed by atoms with Gasteiger partial charge in [-0.25, -0.2) is 0 Å². The maximum absolute atomic E-state index is 11.2. The molecular formula is C25H25NO3. The Morgan fingerprint density at radius 3 is 2.48 bits per heavy atom. The molecule has 0 aromatic heterocycles.